The van der Waals surface area contributed by atoms with E-state index >= 15 is 0 Å². The minimum atomic E-state index is -0.601. The van der Waals surface area contributed by atoms with Gasteiger partial charge in [0.05, 0.1) is 16.0 Å². The molecule has 1 aliphatic rings. The third-order valence-electron chi connectivity index (χ3n) is 9.66. The predicted molar refractivity (Wildman–Crippen MR) is 228 cm³/mol. The molecule has 0 aliphatic heterocycles. The summed E-state index contributed by atoms with van der Waals surface area (Å²) in [5.74, 6) is 0.653. The third kappa shape index (κ3) is 9.53. The summed E-state index contributed by atoms with van der Waals surface area (Å²) in [5, 5.41) is 2.82. The van der Waals surface area contributed by atoms with Crippen LogP contribution in [0.15, 0.2) is 188 Å². The molecule has 7 heteroatoms. The normalized spacial score (nSPS) is 14.5. The Morgan fingerprint density at radius 1 is 0.691 bits per heavy atom. The molecular weight excluding hydrogens is 719 g/mol. The zero-order valence-electron chi connectivity index (χ0n) is 31.1. The second-order valence-electron chi connectivity index (χ2n) is 13.4. The molecule has 0 fully saturated rings. The minimum absolute atomic E-state index is 0.0146. The van der Waals surface area contributed by atoms with Crippen molar-refractivity contribution in [2.75, 3.05) is 24.7 Å². The molecule has 1 N–H and O–H groups in total. The van der Waals surface area contributed by atoms with Crippen molar-refractivity contribution in [2.45, 2.75) is 28.9 Å². The van der Waals surface area contributed by atoms with Gasteiger partial charge in [-0.1, -0.05) is 183 Å². The highest BCUT2D eigenvalue weighted by atomic mass is 32.2. The number of esters is 1. The lowest BCUT2D eigenvalue weighted by atomic mass is 9.77. The highest BCUT2D eigenvalue weighted by molar-refractivity contribution is 8.01. The molecule has 0 saturated heterocycles. The Hall–Kier alpha value is -5.24. The van der Waals surface area contributed by atoms with Crippen LogP contribution in [0.4, 0.5) is 4.79 Å². The molecular formula is C48H47NO4S2. The Bertz CT molecular complexity index is 1900. The molecule has 5 aromatic carbocycles. The Balaban J connectivity index is 1.38. The maximum atomic E-state index is 13.6. The number of hydrogen-bond acceptors (Lipinski definition) is 6. The van der Waals surface area contributed by atoms with E-state index < -0.39 is 27.7 Å². The van der Waals surface area contributed by atoms with Crippen LogP contribution in [0.25, 0.3) is 0 Å². The summed E-state index contributed by atoms with van der Waals surface area (Å²) >= 11 is 3.59. The Morgan fingerprint density at radius 3 is 1.58 bits per heavy atom. The average molecular weight is 766 g/mol. The van der Waals surface area contributed by atoms with E-state index in [2.05, 4.69) is 170 Å². The van der Waals surface area contributed by atoms with Gasteiger partial charge >= 0.3 is 12.1 Å². The van der Waals surface area contributed by atoms with Gasteiger partial charge in [-0.15, -0.1) is 23.5 Å². The molecule has 280 valence electrons. The fourth-order valence-corrected chi connectivity index (χ4v) is 10.4. The molecule has 0 radical (unpaired) electrons. The number of hydrogen-bond donors (Lipinski definition) is 1. The maximum Gasteiger partial charge on any atom is 0.407 e. The first-order valence-corrected chi connectivity index (χ1v) is 20.6. The van der Waals surface area contributed by atoms with E-state index in [1.54, 1.807) is 18.7 Å². The molecule has 6 rings (SSSR count). The van der Waals surface area contributed by atoms with E-state index in [9.17, 15) is 9.59 Å². The van der Waals surface area contributed by atoms with Crippen LogP contribution >= 0.6 is 23.5 Å². The Morgan fingerprint density at radius 2 is 1.15 bits per heavy atom. The van der Waals surface area contributed by atoms with Crippen molar-refractivity contribution < 1.29 is 19.1 Å². The lowest BCUT2D eigenvalue weighted by Gasteiger charge is -2.42. The van der Waals surface area contributed by atoms with Crippen molar-refractivity contribution in [2.24, 2.45) is 5.92 Å². The monoisotopic (exact) mass is 765 g/mol. The molecule has 5 aromatic rings. The number of alkyl carbamates (subject to hydrolysis) is 1. The largest absolute Gasteiger partial charge is 0.460 e. The molecule has 2 atom stereocenters. The number of carbonyl (C=O) groups is 2. The topological polar surface area (TPSA) is 64.6 Å². The molecule has 1 amide bonds. The highest BCUT2D eigenvalue weighted by Gasteiger charge is 2.43. The Kier molecular flexibility index (Phi) is 13.9. The number of carbonyl (C=O) groups excluding carboxylic acids is 2. The number of allylic oxidation sites excluding steroid dienone is 4. The maximum absolute atomic E-state index is 13.6. The molecule has 0 aromatic heterocycles. The fourth-order valence-electron chi connectivity index (χ4n) is 7.06. The van der Waals surface area contributed by atoms with E-state index in [4.69, 9.17) is 9.47 Å². The first-order valence-electron chi connectivity index (χ1n) is 18.6. The molecule has 0 heterocycles. The first-order chi connectivity index (χ1) is 26.9. The number of rotatable bonds is 17. The number of thioether (sulfide) groups is 2. The first kappa shape index (κ1) is 39.5. The van der Waals surface area contributed by atoms with Crippen molar-refractivity contribution >= 4 is 35.6 Å². The molecule has 55 heavy (non-hydrogen) atoms. The van der Waals surface area contributed by atoms with Gasteiger partial charge in [0.1, 0.15) is 12.7 Å². The number of nitrogens with one attached hydrogen (secondary N) is 1. The van der Waals surface area contributed by atoms with Gasteiger partial charge in [-0.25, -0.2) is 9.59 Å². The average Bonchev–Trinajstić information content (AvgIpc) is 3.25. The lowest BCUT2D eigenvalue weighted by molar-refractivity contribution is -0.138. The quantitative estimate of drug-likeness (QED) is 0.0440. The second-order valence-corrected chi connectivity index (χ2v) is 15.9. The van der Waals surface area contributed by atoms with Crippen molar-refractivity contribution in [3.05, 3.63) is 216 Å². The fraction of sp³-hybridized carbons (Fsp3) is 0.208. The predicted octanol–water partition coefficient (Wildman–Crippen LogP) is 10.7. The lowest BCUT2D eigenvalue weighted by Crippen LogP contribution is -2.38. The number of amides is 1. The summed E-state index contributed by atoms with van der Waals surface area (Å²) in [5.41, 5.74) is 6.09. The van der Waals surface area contributed by atoms with Gasteiger partial charge in [0, 0.05) is 23.0 Å². The van der Waals surface area contributed by atoms with Crippen molar-refractivity contribution in [1.82, 2.24) is 5.32 Å². The third-order valence-corrected chi connectivity index (χ3v) is 13.1. The summed E-state index contributed by atoms with van der Waals surface area (Å²) in [6.07, 6.45) is 8.58. The van der Waals surface area contributed by atoms with E-state index in [1.807, 2.05) is 30.0 Å². The van der Waals surface area contributed by atoms with E-state index in [-0.39, 0.29) is 19.1 Å². The van der Waals surface area contributed by atoms with Gasteiger partial charge in [-0.05, 0) is 41.2 Å². The van der Waals surface area contributed by atoms with E-state index in [1.165, 1.54) is 11.1 Å². The standard InChI is InChI=1S/C48H47NO4S2/c1-37(2)45(50)52-34-33-49-46(51)53-44(35-54-47(38-21-9-3-10-22-38,39-23-11-4-12-24-39)40-25-13-5-14-26-40)36-55-48(41-27-15-6-16-28-41,42-29-17-7-18-30-42)43-31-19-8-20-32-43/h3-31,43-44H,1,32-36H2,2H3,(H,49,51). The molecule has 1 aliphatic carbocycles. The van der Waals surface area contributed by atoms with Gasteiger partial charge < -0.3 is 14.8 Å². The van der Waals surface area contributed by atoms with Crippen molar-refractivity contribution in [3.63, 3.8) is 0 Å². The zero-order valence-corrected chi connectivity index (χ0v) is 32.7. The van der Waals surface area contributed by atoms with Crippen LogP contribution in [0.2, 0.25) is 0 Å². The van der Waals surface area contributed by atoms with Gasteiger partial charge in [0.15, 0.2) is 0 Å². The number of benzene rings is 5. The molecule has 0 spiro atoms. The van der Waals surface area contributed by atoms with Crippen LogP contribution in [-0.2, 0) is 23.8 Å². The summed E-state index contributed by atoms with van der Waals surface area (Å²) in [6.45, 7) is 5.35. The molecule has 0 saturated carbocycles. The van der Waals surface area contributed by atoms with E-state index in [0.717, 1.165) is 23.1 Å². The van der Waals surface area contributed by atoms with Crippen LogP contribution < -0.4 is 5.32 Å². The van der Waals surface area contributed by atoms with Crippen LogP contribution in [0.3, 0.4) is 0 Å². The second kappa shape index (κ2) is 19.4. The van der Waals surface area contributed by atoms with Crippen LogP contribution in [0, 0.1) is 5.92 Å². The summed E-state index contributed by atoms with van der Waals surface area (Å²) in [7, 11) is 0. The minimum Gasteiger partial charge on any atom is -0.460 e. The van der Waals surface area contributed by atoms with Crippen LogP contribution in [0.5, 0.6) is 0 Å². The van der Waals surface area contributed by atoms with Crippen molar-refractivity contribution in [1.29, 1.82) is 0 Å². The number of ether oxygens (including phenoxy) is 2. The van der Waals surface area contributed by atoms with Crippen molar-refractivity contribution in [3.8, 4) is 0 Å². The molecule has 2 unspecified atom stereocenters. The van der Waals surface area contributed by atoms with Crippen LogP contribution in [0.1, 0.15) is 41.2 Å². The smallest absolute Gasteiger partial charge is 0.407 e. The highest BCUT2D eigenvalue weighted by Crippen LogP contribution is 2.53. The Labute approximate surface area is 334 Å². The van der Waals surface area contributed by atoms with Crippen LogP contribution in [-0.4, -0.2) is 42.8 Å². The molecule has 5 nitrogen and oxygen atoms in total. The van der Waals surface area contributed by atoms with Gasteiger partial charge in [0.25, 0.3) is 0 Å². The van der Waals surface area contributed by atoms with Gasteiger partial charge in [-0.2, -0.15) is 0 Å². The van der Waals surface area contributed by atoms with Gasteiger partial charge in [-0.3, -0.25) is 0 Å². The van der Waals surface area contributed by atoms with Gasteiger partial charge in [0.2, 0.25) is 0 Å². The zero-order chi connectivity index (χ0) is 38.4. The summed E-state index contributed by atoms with van der Waals surface area (Å²) in [4.78, 5) is 25.6. The summed E-state index contributed by atoms with van der Waals surface area (Å²) in [6, 6.07) is 53.0. The van der Waals surface area contributed by atoms with E-state index in [0.29, 0.717) is 17.1 Å². The summed E-state index contributed by atoms with van der Waals surface area (Å²) < 4.78 is 10.5. The SMILES string of the molecule is C=C(C)C(=O)OCCNC(=O)OC(CSC(c1ccccc1)(c1ccccc1)c1ccccc1)CSC(c1ccccc1)(c1ccccc1)C1C=CC=CC1. The molecule has 0 bridgehead atoms.